The highest BCUT2D eigenvalue weighted by Gasteiger charge is 2.23. The zero-order chi connectivity index (χ0) is 17.2. The van der Waals surface area contributed by atoms with Crippen LogP contribution in [0, 0.1) is 5.92 Å². The molecular weight excluding hydrogens is 366 g/mol. The average Bonchev–Trinajstić information content (AvgIpc) is 2.56. The van der Waals surface area contributed by atoms with Gasteiger partial charge < -0.3 is 19.5 Å². The molecule has 0 heterocycles. The minimum atomic E-state index is -0.440. The molecule has 1 aromatic rings. The van der Waals surface area contributed by atoms with Crippen LogP contribution in [0.3, 0.4) is 0 Å². The SMILES string of the molecule is COC(=O)C(C)CN(CCOCCO)C(=O)c1ccccc1Br. The van der Waals surface area contributed by atoms with E-state index in [-0.39, 0.29) is 38.2 Å². The molecule has 0 aliphatic rings. The molecule has 1 N–H and O–H groups in total. The molecule has 1 aromatic carbocycles. The summed E-state index contributed by atoms with van der Waals surface area (Å²) in [6.07, 6.45) is 0. The van der Waals surface area contributed by atoms with Crippen LogP contribution < -0.4 is 0 Å². The predicted molar refractivity (Wildman–Crippen MR) is 89.1 cm³/mol. The number of nitrogens with zero attached hydrogens (tertiary/aromatic N) is 1. The summed E-state index contributed by atoms with van der Waals surface area (Å²) in [7, 11) is 1.32. The Bertz CT molecular complexity index is 523. The van der Waals surface area contributed by atoms with Crippen LogP contribution in [0.25, 0.3) is 0 Å². The van der Waals surface area contributed by atoms with Gasteiger partial charge in [-0.05, 0) is 28.1 Å². The molecule has 1 atom stereocenters. The first-order chi connectivity index (χ1) is 11.0. The zero-order valence-corrected chi connectivity index (χ0v) is 14.9. The maximum absolute atomic E-state index is 12.7. The Balaban J connectivity index is 2.82. The van der Waals surface area contributed by atoms with E-state index in [2.05, 4.69) is 15.9 Å². The molecule has 6 nitrogen and oxygen atoms in total. The van der Waals surface area contributed by atoms with Crippen LogP contribution in [0.15, 0.2) is 28.7 Å². The molecule has 0 fully saturated rings. The van der Waals surface area contributed by atoms with E-state index in [9.17, 15) is 9.59 Å². The Morgan fingerprint density at radius 2 is 2.00 bits per heavy atom. The van der Waals surface area contributed by atoms with Crippen molar-refractivity contribution >= 4 is 27.8 Å². The topological polar surface area (TPSA) is 76.1 Å². The van der Waals surface area contributed by atoms with Gasteiger partial charge in [-0.2, -0.15) is 0 Å². The number of halogens is 1. The van der Waals surface area contributed by atoms with Crippen LogP contribution in [-0.4, -0.2) is 61.9 Å². The Labute approximate surface area is 144 Å². The lowest BCUT2D eigenvalue weighted by Gasteiger charge is -2.25. The van der Waals surface area contributed by atoms with Gasteiger partial charge in [0.05, 0.1) is 38.4 Å². The van der Waals surface area contributed by atoms with Crippen LogP contribution in [0.1, 0.15) is 17.3 Å². The van der Waals surface area contributed by atoms with Crippen LogP contribution in [0.2, 0.25) is 0 Å². The first-order valence-corrected chi connectivity index (χ1v) is 8.10. The second kappa shape index (κ2) is 10.4. The van der Waals surface area contributed by atoms with Crippen molar-refractivity contribution < 1.29 is 24.2 Å². The molecule has 0 aliphatic carbocycles. The lowest BCUT2D eigenvalue weighted by Crippen LogP contribution is -2.39. The zero-order valence-electron chi connectivity index (χ0n) is 13.3. The van der Waals surface area contributed by atoms with Crippen molar-refractivity contribution in [2.45, 2.75) is 6.92 Å². The maximum atomic E-state index is 12.7. The summed E-state index contributed by atoms with van der Waals surface area (Å²) in [6.45, 7) is 2.68. The molecule has 0 bridgehead atoms. The van der Waals surface area contributed by atoms with Crippen molar-refractivity contribution in [2.75, 3.05) is 40.0 Å². The normalized spacial score (nSPS) is 11.8. The first-order valence-electron chi connectivity index (χ1n) is 7.31. The molecule has 7 heteroatoms. The molecule has 0 saturated carbocycles. The van der Waals surface area contributed by atoms with Gasteiger partial charge in [0.1, 0.15) is 0 Å². The van der Waals surface area contributed by atoms with Crippen molar-refractivity contribution in [2.24, 2.45) is 5.92 Å². The number of carbonyl (C=O) groups excluding carboxylic acids is 2. The van der Waals surface area contributed by atoms with Crippen molar-refractivity contribution in [3.8, 4) is 0 Å². The van der Waals surface area contributed by atoms with Crippen LogP contribution in [-0.2, 0) is 14.3 Å². The Morgan fingerprint density at radius 1 is 1.30 bits per heavy atom. The Morgan fingerprint density at radius 3 is 2.61 bits per heavy atom. The van der Waals surface area contributed by atoms with Gasteiger partial charge in [-0.1, -0.05) is 19.1 Å². The molecule has 23 heavy (non-hydrogen) atoms. The fourth-order valence-electron chi connectivity index (χ4n) is 2.03. The van der Waals surface area contributed by atoms with Gasteiger partial charge in [-0.3, -0.25) is 9.59 Å². The van der Waals surface area contributed by atoms with E-state index in [0.29, 0.717) is 16.6 Å². The Kier molecular flexibility index (Phi) is 8.83. The molecule has 1 amide bonds. The van der Waals surface area contributed by atoms with E-state index in [4.69, 9.17) is 14.6 Å². The first kappa shape index (κ1) is 19.6. The number of rotatable bonds is 9. The van der Waals surface area contributed by atoms with E-state index < -0.39 is 5.92 Å². The number of aliphatic hydroxyl groups is 1. The third-order valence-electron chi connectivity index (χ3n) is 3.23. The van der Waals surface area contributed by atoms with Crippen LogP contribution >= 0.6 is 15.9 Å². The number of aliphatic hydroxyl groups excluding tert-OH is 1. The van der Waals surface area contributed by atoms with E-state index in [1.54, 1.807) is 30.0 Å². The minimum absolute atomic E-state index is 0.0727. The summed E-state index contributed by atoms with van der Waals surface area (Å²) in [5.41, 5.74) is 0.520. The number of esters is 1. The third kappa shape index (κ3) is 6.29. The molecule has 0 aliphatic heterocycles. The molecule has 0 spiro atoms. The van der Waals surface area contributed by atoms with Gasteiger partial charge >= 0.3 is 5.97 Å². The summed E-state index contributed by atoms with van der Waals surface area (Å²) < 4.78 is 10.6. The predicted octanol–water partition coefficient (Wildman–Crippen LogP) is 1.71. The molecule has 1 rings (SSSR count). The van der Waals surface area contributed by atoms with Crippen molar-refractivity contribution in [1.29, 1.82) is 0 Å². The van der Waals surface area contributed by atoms with E-state index in [0.717, 1.165) is 0 Å². The van der Waals surface area contributed by atoms with E-state index in [1.807, 2.05) is 6.07 Å². The second-order valence-electron chi connectivity index (χ2n) is 4.99. The largest absolute Gasteiger partial charge is 0.469 e. The summed E-state index contributed by atoms with van der Waals surface area (Å²) in [6, 6.07) is 7.11. The number of ether oxygens (including phenoxy) is 2. The highest BCUT2D eigenvalue weighted by atomic mass is 79.9. The number of benzene rings is 1. The molecule has 0 aromatic heterocycles. The lowest BCUT2D eigenvalue weighted by molar-refractivity contribution is -0.145. The standard InChI is InChI=1S/C16H22BrNO5/c1-12(16(21)22-2)11-18(7-9-23-10-8-19)15(20)13-5-3-4-6-14(13)17/h3-6,12,19H,7-11H2,1-2H3. The third-order valence-corrected chi connectivity index (χ3v) is 3.92. The minimum Gasteiger partial charge on any atom is -0.469 e. The van der Waals surface area contributed by atoms with E-state index >= 15 is 0 Å². The van der Waals surface area contributed by atoms with Gasteiger partial charge in [0, 0.05) is 17.6 Å². The summed E-state index contributed by atoms with van der Waals surface area (Å²) in [5, 5.41) is 8.73. The van der Waals surface area contributed by atoms with Gasteiger partial charge in [-0.25, -0.2) is 0 Å². The number of amides is 1. The number of hydrogen-bond acceptors (Lipinski definition) is 5. The molecule has 128 valence electrons. The second-order valence-corrected chi connectivity index (χ2v) is 5.85. The molecule has 0 saturated heterocycles. The van der Waals surface area contributed by atoms with Gasteiger partial charge in [0.15, 0.2) is 0 Å². The van der Waals surface area contributed by atoms with Gasteiger partial charge in [0.25, 0.3) is 5.91 Å². The number of methoxy groups -OCH3 is 1. The van der Waals surface area contributed by atoms with Crippen molar-refractivity contribution in [3.63, 3.8) is 0 Å². The molecule has 1 unspecified atom stereocenters. The van der Waals surface area contributed by atoms with Gasteiger partial charge in [-0.15, -0.1) is 0 Å². The Hall–Kier alpha value is -1.44. The molecular formula is C16H22BrNO5. The fourth-order valence-corrected chi connectivity index (χ4v) is 2.48. The fraction of sp³-hybridized carbons (Fsp3) is 0.500. The quantitative estimate of drug-likeness (QED) is 0.515. The van der Waals surface area contributed by atoms with E-state index in [1.165, 1.54) is 7.11 Å². The smallest absolute Gasteiger partial charge is 0.310 e. The van der Waals surface area contributed by atoms with Crippen LogP contribution in [0.4, 0.5) is 0 Å². The number of carbonyl (C=O) groups is 2. The number of hydrogen-bond donors (Lipinski definition) is 1. The highest BCUT2D eigenvalue weighted by Crippen LogP contribution is 2.18. The van der Waals surface area contributed by atoms with Crippen molar-refractivity contribution in [1.82, 2.24) is 4.90 Å². The van der Waals surface area contributed by atoms with Crippen molar-refractivity contribution in [3.05, 3.63) is 34.3 Å². The maximum Gasteiger partial charge on any atom is 0.310 e. The average molecular weight is 388 g/mol. The monoisotopic (exact) mass is 387 g/mol. The highest BCUT2D eigenvalue weighted by molar-refractivity contribution is 9.10. The summed E-state index contributed by atoms with van der Waals surface area (Å²) in [4.78, 5) is 25.9. The van der Waals surface area contributed by atoms with Crippen LogP contribution in [0.5, 0.6) is 0 Å². The summed E-state index contributed by atoms with van der Waals surface area (Å²) in [5.74, 6) is -1.00. The lowest BCUT2D eigenvalue weighted by atomic mass is 10.1. The summed E-state index contributed by atoms with van der Waals surface area (Å²) >= 11 is 3.36. The van der Waals surface area contributed by atoms with Gasteiger partial charge in [0.2, 0.25) is 0 Å². The molecule has 0 radical (unpaired) electrons.